The van der Waals surface area contributed by atoms with Gasteiger partial charge in [0.25, 0.3) is 10.0 Å². The first kappa shape index (κ1) is 31.0. The number of aryl methyl sites for hydroxylation is 1. The highest BCUT2D eigenvalue weighted by atomic mass is 35.5. The summed E-state index contributed by atoms with van der Waals surface area (Å²) in [6, 6.07) is 18.9. The molecule has 40 heavy (non-hydrogen) atoms. The number of nitrogens with one attached hydrogen (secondary N) is 1. The molecule has 0 saturated carbocycles. The lowest BCUT2D eigenvalue weighted by Crippen LogP contribution is -2.52. The number of amides is 2. The first-order valence-corrected chi connectivity index (χ1v) is 14.9. The van der Waals surface area contributed by atoms with Crippen LogP contribution in [0.1, 0.15) is 38.3 Å². The maximum atomic E-state index is 14.0. The molecule has 0 aliphatic heterocycles. The average molecular weight is 586 g/mol. The predicted octanol–water partition coefficient (Wildman–Crippen LogP) is 5.18. The molecule has 0 heterocycles. The Morgan fingerprint density at radius 2 is 1.65 bits per heavy atom. The smallest absolute Gasteiger partial charge is 0.264 e. The third-order valence-corrected chi connectivity index (χ3v) is 8.68. The number of methoxy groups -OCH3 is 1. The Balaban J connectivity index is 2.03. The number of sulfonamides is 1. The van der Waals surface area contributed by atoms with Gasteiger partial charge in [0.1, 0.15) is 18.3 Å². The van der Waals surface area contributed by atoms with E-state index in [1.807, 2.05) is 20.8 Å². The number of carbonyl (C=O) groups excluding carboxylic acids is 2. The molecule has 214 valence electrons. The monoisotopic (exact) mass is 585 g/mol. The van der Waals surface area contributed by atoms with E-state index in [2.05, 4.69) is 5.32 Å². The van der Waals surface area contributed by atoms with Gasteiger partial charge in [0.2, 0.25) is 11.8 Å². The van der Waals surface area contributed by atoms with Crippen LogP contribution in [0.4, 0.5) is 5.69 Å². The van der Waals surface area contributed by atoms with Crippen molar-refractivity contribution in [2.75, 3.05) is 18.0 Å². The van der Waals surface area contributed by atoms with Crippen LogP contribution in [0.3, 0.4) is 0 Å². The largest absolute Gasteiger partial charge is 0.497 e. The highest BCUT2D eigenvalue weighted by Gasteiger charge is 2.32. The van der Waals surface area contributed by atoms with Gasteiger partial charge in [0.05, 0.1) is 17.7 Å². The number of hydrogen-bond acceptors (Lipinski definition) is 5. The van der Waals surface area contributed by atoms with Crippen LogP contribution in [-0.2, 0) is 26.2 Å². The van der Waals surface area contributed by atoms with Crippen LogP contribution in [0.2, 0.25) is 5.02 Å². The first-order chi connectivity index (χ1) is 19.0. The summed E-state index contributed by atoms with van der Waals surface area (Å²) in [6.07, 6.45) is 0.723. The van der Waals surface area contributed by atoms with Crippen molar-refractivity contribution < 1.29 is 22.7 Å². The van der Waals surface area contributed by atoms with Gasteiger partial charge in [-0.3, -0.25) is 13.9 Å². The molecule has 0 aromatic heterocycles. The van der Waals surface area contributed by atoms with Crippen molar-refractivity contribution in [2.45, 2.75) is 57.6 Å². The summed E-state index contributed by atoms with van der Waals surface area (Å²) < 4.78 is 34.0. The van der Waals surface area contributed by atoms with Crippen LogP contribution in [-0.4, -0.2) is 50.9 Å². The lowest BCUT2D eigenvalue weighted by molar-refractivity contribution is -0.139. The average Bonchev–Trinajstić information content (AvgIpc) is 2.94. The number of rotatable bonds is 12. The summed E-state index contributed by atoms with van der Waals surface area (Å²) in [5.74, 6) is -0.332. The van der Waals surface area contributed by atoms with E-state index in [0.717, 1.165) is 16.3 Å². The van der Waals surface area contributed by atoms with Gasteiger partial charge in [-0.2, -0.15) is 0 Å². The van der Waals surface area contributed by atoms with Gasteiger partial charge < -0.3 is 15.0 Å². The molecule has 0 aliphatic carbocycles. The predicted molar refractivity (Wildman–Crippen MR) is 158 cm³/mol. The number of halogens is 1. The topological polar surface area (TPSA) is 96.0 Å². The van der Waals surface area contributed by atoms with E-state index in [1.54, 1.807) is 67.6 Å². The normalized spacial score (nSPS) is 12.8. The first-order valence-electron chi connectivity index (χ1n) is 13.0. The van der Waals surface area contributed by atoms with Crippen LogP contribution in [0, 0.1) is 6.92 Å². The minimum Gasteiger partial charge on any atom is -0.497 e. The van der Waals surface area contributed by atoms with Gasteiger partial charge in [0, 0.05) is 17.6 Å². The number of ether oxygens (including phenoxy) is 1. The molecule has 0 saturated heterocycles. The Kier molecular flexibility index (Phi) is 10.6. The molecular formula is C30H36ClN3O5S. The van der Waals surface area contributed by atoms with Gasteiger partial charge in [0.15, 0.2) is 0 Å². The molecule has 0 unspecified atom stereocenters. The molecule has 2 amide bonds. The van der Waals surface area contributed by atoms with Crippen LogP contribution < -0.4 is 14.4 Å². The molecule has 0 spiro atoms. The Hall–Kier alpha value is -3.56. The van der Waals surface area contributed by atoms with Crippen molar-refractivity contribution in [3.05, 3.63) is 88.9 Å². The molecule has 0 bridgehead atoms. The molecular weight excluding hydrogens is 550 g/mol. The minimum atomic E-state index is -4.14. The molecule has 2 atom stereocenters. The maximum absolute atomic E-state index is 14.0. The second-order valence-electron chi connectivity index (χ2n) is 9.67. The molecule has 0 radical (unpaired) electrons. The van der Waals surface area contributed by atoms with Gasteiger partial charge in [-0.1, -0.05) is 48.4 Å². The van der Waals surface area contributed by atoms with Crippen molar-refractivity contribution in [3.8, 4) is 5.75 Å². The van der Waals surface area contributed by atoms with Crippen molar-refractivity contribution >= 4 is 39.1 Å². The summed E-state index contributed by atoms with van der Waals surface area (Å²) in [6.45, 7) is 6.87. The second kappa shape index (κ2) is 13.7. The summed E-state index contributed by atoms with van der Waals surface area (Å²) in [4.78, 5) is 28.5. The zero-order valence-corrected chi connectivity index (χ0v) is 25.0. The van der Waals surface area contributed by atoms with Gasteiger partial charge in [-0.15, -0.1) is 0 Å². The summed E-state index contributed by atoms with van der Waals surface area (Å²) in [7, 11) is -2.63. The van der Waals surface area contributed by atoms with Gasteiger partial charge in [-0.25, -0.2) is 8.42 Å². The quantitative estimate of drug-likeness (QED) is 0.316. The molecule has 3 rings (SSSR count). The summed E-state index contributed by atoms with van der Waals surface area (Å²) >= 11 is 6.18. The molecule has 3 aromatic carbocycles. The van der Waals surface area contributed by atoms with Gasteiger partial charge >= 0.3 is 0 Å². The SMILES string of the molecule is CC[C@H](C)NC(=O)[C@@H](C)N(Cc1cccc(Cl)c1)C(=O)CN(c1ccc(OC)cc1)S(=O)(=O)c1ccc(C)cc1. The van der Waals surface area contributed by atoms with E-state index in [0.29, 0.717) is 16.3 Å². The van der Waals surface area contributed by atoms with Crippen molar-refractivity contribution in [1.82, 2.24) is 10.2 Å². The fourth-order valence-electron chi connectivity index (χ4n) is 3.99. The number of anilines is 1. The standard InChI is InChI=1S/C30H36ClN3O5S/c1-6-22(3)32-30(36)23(4)33(19-24-8-7-9-25(31)18-24)29(35)20-34(26-12-14-27(39-5)15-13-26)40(37,38)28-16-10-21(2)11-17-28/h7-18,22-23H,6,19-20H2,1-5H3,(H,32,36)/t22-,23+/m0/s1. The zero-order chi connectivity index (χ0) is 29.4. The van der Waals surface area contributed by atoms with E-state index in [4.69, 9.17) is 16.3 Å². The lowest BCUT2D eigenvalue weighted by Gasteiger charge is -2.32. The highest BCUT2D eigenvalue weighted by molar-refractivity contribution is 7.92. The number of hydrogen-bond donors (Lipinski definition) is 1. The summed E-state index contributed by atoms with van der Waals surface area (Å²) in [5.41, 5.74) is 1.90. The van der Waals surface area contributed by atoms with Crippen molar-refractivity contribution in [3.63, 3.8) is 0 Å². The van der Waals surface area contributed by atoms with Crippen LogP contribution in [0.15, 0.2) is 77.7 Å². The van der Waals surface area contributed by atoms with E-state index >= 15 is 0 Å². The number of nitrogens with zero attached hydrogens (tertiary/aromatic N) is 2. The highest BCUT2D eigenvalue weighted by Crippen LogP contribution is 2.27. The van der Waals surface area contributed by atoms with Crippen molar-refractivity contribution in [1.29, 1.82) is 0 Å². The lowest BCUT2D eigenvalue weighted by atomic mass is 10.1. The molecule has 1 N–H and O–H groups in total. The summed E-state index contributed by atoms with van der Waals surface area (Å²) in [5, 5.41) is 3.41. The number of carbonyl (C=O) groups is 2. The second-order valence-corrected chi connectivity index (χ2v) is 12.0. The Bertz CT molecular complexity index is 1410. The zero-order valence-electron chi connectivity index (χ0n) is 23.4. The van der Waals surface area contributed by atoms with Crippen LogP contribution in [0.25, 0.3) is 0 Å². The molecule has 3 aromatic rings. The van der Waals surface area contributed by atoms with Gasteiger partial charge in [-0.05, 0) is 81.3 Å². The van der Waals surface area contributed by atoms with E-state index in [-0.39, 0.29) is 29.1 Å². The number of benzene rings is 3. The minimum absolute atomic E-state index is 0.0469. The molecule has 0 fully saturated rings. The van der Waals surface area contributed by atoms with Crippen molar-refractivity contribution in [2.24, 2.45) is 0 Å². The maximum Gasteiger partial charge on any atom is 0.264 e. The third kappa shape index (κ3) is 7.76. The Morgan fingerprint density at radius 3 is 2.23 bits per heavy atom. The fourth-order valence-corrected chi connectivity index (χ4v) is 5.62. The van der Waals surface area contributed by atoms with E-state index < -0.39 is 28.5 Å². The Labute approximate surface area is 241 Å². The Morgan fingerprint density at radius 1 is 1.00 bits per heavy atom. The molecule has 8 nitrogen and oxygen atoms in total. The van der Waals surface area contributed by atoms with Crippen LogP contribution >= 0.6 is 11.6 Å². The van der Waals surface area contributed by atoms with Crippen LogP contribution in [0.5, 0.6) is 5.75 Å². The molecule has 0 aliphatic rings. The van der Waals surface area contributed by atoms with E-state index in [1.165, 1.54) is 24.1 Å². The molecule has 10 heteroatoms. The third-order valence-electron chi connectivity index (χ3n) is 6.66. The fraction of sp³-hybridized carbons (Fsp3) is 0.333. The van der Waals surface area contributed by atoms with E-state index in [9.17, 15) is 18.0 Å².